The van der Waals surface area contributed by atoms with E-state index in [2.05, 4.69) is 19.9 Å². The Hall–Kier alpha value is -2.63. The van der Waals surface area contributed by atoms with Gasteiger partial charge in [0.05, 0.1) is 25.0 Å². The summed E-state index contributed by atoms with van der Waals surface area (Å²) in [6.07, 6.45) is 6.22. The quantitative estimate of drug-likeness (QED) is 0.709. The zero-order chi connectivity index (χ0) is 12.5. The van der Waals surface area contributed by atoms with E-state index in [0.29, 0.717) is 17.1 Å². The first kappa shape index (κ1) is 10.5. The molecular weight excluding hydrogens is 232 g/mol. The van der Waals surface area contributed by atoms with Gasteiger partial charge in [0.2, 0.25) is 0 Å². The van der Waals surface area contributed by atoms with Crippen molar-refractivity contribution < 1.29 is 4.74 Å². The average Bonchev–Trinajstić information content (AvgIpc) is 2.88. The van der Waals surface area contributed by atoms with Crippen molar-refractivity contribution in [2.24, 2.45) is 0 Å². The van der Waals surface area contributed by atoms with Crippen LogP contribution in [0.4, 0.5) is 0 Å². The third kappa shape index (κ3) is 1.55. The lowest BCUT2D eigenvalue weighted by atomic mass is 10.2. The van der Waals surface area contributed by atoms with Gasteiger partial charge >= 0.3 is 0 Å². The minimum Gasteiger partial charge on any atom is -0.494 e. The lowest BCUT2D eigenvalue weighted by Crippen LogP contribution is -2.05. The van der Waals surface area contributed by atoms with Crippen molar-refractivity contribution >= 4 is 10.9 Å². The first-order valence-corrected chi connectivity index (χ1v) is 5.35. The summed E-state index contributed by atoms with van der Waals surface area (Å²) in [5.41, 5.74) is 1.86. The minimum atomic E-state index is -0.241. The number of ether oxygens (including phenoxy) is 1. The van der Waals surface area contributed by atoms with E-state index in [-0.39, 0.29) is 5.56 Å². The van der Waals surface area contributed by atoms with E-state index in [4.69, 9.17) is 4.74 Å². The molecule has 0 unspecified atom stereocenters. The molecule has 3 aromatic heterocycles. The minimum absolute atomic E-state index is 0.241. The van der Waals surface area contributed by atoms with Crippen LogP contribution in [-0.4, -0.2) is 27.0 Å². The lowest BCUT2D eigenvalue weighted by Gasteiger charge is -2.05. The predicted molar refractivity (Wildman–Crippen MR) is 66.5 cm³/mol. The van der Waals surface area contributed by atoms with E-state index >= 15 is 0 Å². The highest BCUT2D eigenvalue weighted by atomic mass is 16.5. The summed E-state index contributed by atoms with van der Waals surface area (Å²) in [7, 11) is 1.60. The third-order valence-corrected chi connectivity index (χ3v) is 2.69. The molecule has 18 heavy (non-hydrogen) atoms. The molecule has 2 N–H and O–H groups in total. The van der Waals surface area contributed by atoms with Gasteiger partial charge in [0.25, 0.3) is 5.56 Å². The maximum absolute atomic E-state index is 11.0. The molecule has 0 bridgehead atoms. The van der Waals surface area contributed by atoms with Gasteiger partial charge in [-0.3, -0.25) is 4.79 Å². The van der Waals surface area contributed by atoms with Crippen LogP contribution >= 0.6 is 0 Å². The summed E-state index contributed by atoms with van der Waals surface area (Å²) in [6.45, 7) is 0. The molecule has 0 radical (unpaired) electrons. The SMILES string of the molecule is COc1cnc(-c2c[nH]c(=O)cn2)c2[nH]ccc12. The zero-order valence-electron chi connectivity index (χ0n) is 9.60. The number of aromatic amines is 2. The monoisotopic (exact) mass is 242 g/mol. The summed E-state index contributed by atoms with van der Waals surface area (Å²) < 4.78 is 5.24. The summed E-state index contributed by atoms with van der Waals surface area (Å²) in [5.74, 6) is 0.694. The highest BCUT2D eigenvalue weighted by Gasteiger charge is 2.11. The van der Waals surface area contributed by atoms with Crippen LogP contribution in [0.5, 0.6) is 5.75 Å². The fraction of sp³-hybridized carbons (Fsp3) is 0.0833. The smallest absolute Gasteiger partial charge is 0.266 e. The molecular formula is C12H10N4O2. The largest absolute Gasteiger partial charge is 0.494 e. The van der Waals surface area contributed by atoms with Crippen LogP contribution < -0.4 is 10.3 Å². The molecule has 0 aliphatic carbocycles. The normalized spacial score (nSPS) is 10.7. The molecule has 3 rings (SSSR count). The van der Waals surface area contributed by atoms with Gasteiger partial charge in [0.15, 0.2) is 0 Å². The summed E-state index contributed by atoms with van der Waals surface area (Å²) >= 11 is 0. The predicted octanol–water partition coefficient (Wildman–Crippen LogP) is 1.32. The van der Waals surface area contributed by atoms with Crippen molar-refractivity contribution in [1.29, 1.82) is 0 Å². The number of pyridine rings is 1. The van der Waals surface area contributed by atoms with Gasteiger partial charge in [-0.25, -0.2) is 9.97 Å². The molecule has 0 saturated carbocycles. The Balaban J connectivity index is 2.27. The van der Waals surface area contributed by atoms with Gasteiger partial charge in [-0.2, -0.15) is 0 Å². The summed E-state index contributed by atoms with van der Waals surface area (Å²) in [6, 6.07) is 1.91. The first-order valence-electron chi connectivity index (χ1n) is 5.35. The van der Waals surface area contributed by atoms with Gasteiger partial charge in [-0.1, -0.05) is 0 Å². The summed E-state index contributed by atoms with van der Waals surface area (Å²) in [4.78, 5) is 25.1. The number of nitrogens with zero attached hydrogens (tertiary/aromatic N) is 2. The Bertz CT molecular complexity index is 740. The van der Waals surface area contributed by atoms with Crippen LogP contribution in [0.15, 0.2) is 35.6 Å². The molecule has 3 heterocycles. The van der Waals surface area contributed by atoms with Crippen molar-refractivity contribution in [3.8, 4) is 17.1 Å². The van der Waals surface area contributed by atoms with Gasteiger partial charge in [-0.15, -0.1) is 0 Å². The van der Waals surface area contributed by atoms with Crippen molar-refractivity contribution in [1.82, 2.24) is 19.9 Å². The highest BCUT2D eigenvalue weighted by molar-refractivity contribution is 5.94. The van der Waals surface area contributed by atoms with Gasteiger partial charge in [0.1, 0.15) is 17.1 Å². The van der Waals surface area contributed by atoms with Crippen molar-refractivity contribution in [2.75, 3.05) is 7.11 Å². The maximum atomic E-state index is 11.0. The molecule has 0 amide bonds. The van der Waals surface area contributed by atoms with Gasteiger partial charge in [-0.05, 0) is 6.07 Å². The topological polar surface area (TPSA) is 83.7 Å². The number of methoxy groups -OCH3 is 1. The fourth-order valence-electron chi connectivity index (χ4n) is 1.86. The van der Waals surface area contributed by atoms with Gasteiger partial charge in [0, 0.05) is 17.8 Å². The standard InChI is InChI=1S/C12H10N4O2/c1-18-9-5-16-12(11-7(9)2-3-13-11)8-4-15-10(17)6-14-8/h2-6,13H,1H3,(H,15,17). The second-order valence-corrected chi connectivity index (χ2v) is 3.74. The Morgan fingerprint density at radius 3 is 2.83 bits per heavy atom. The Morgan fingerprint density at radius 2 is 2.11 bits per heavy atom. The molecule has 0 saturated heterocycles. The van der Waals surface area contributed by atoms with E-state index in [0.717, 1.165) is 10.9 Å². The van der Waals surface area contributed by atoms with Crippen LogP contribution in [0.25, 0.3) is 22.3 Å². The Kier molecular flexibility index (Phi) is 2.33. The number of rotatable bonds is 2. The van der Waals surface area contributed by atoms with E-state index < -0.39 is 0 Å². The molecule has 0 aliphatic rings. The Morgan fingerprint density at radius 1 is 1.22 bits per heavy atom. The van der Waals surface area contributed by atoms with E-state index in [1.165, 1.54) is 12.4 Å². The number of hydrogen-bond acceptors (Lipinski definition) is 4. The second-order valence-electron chi connectivity index (χ2n) is 3.74. The molecule has 0 fully saturated rings. The number of nitrogens with one attached hydrogen (secondary N) is 2. The third-order valence-electron chi connectivity index (χ3n) is 2.69. The van der Waals surface area contributed by atoms with Crippen LogP contribution in [-0.2, 0) is 0 Å². The highest BCUT2D eigenvalue weighted by Crippen LogP contribution is 2.29. The molecule has 6 heteroatoms. The van der Waals surface area contributed by atoms with E-state index in [1.807, 2.05) is 12.3 Å². The molecule has 0 aliphatic heterocycles. The van der Waals surface area contributed by atoms with Crippen molar-refractivity contribution in [3.05, 3.63) is 41.2 Å². The van der Waals surface area contributed by atoms with E-state index in [9.17, 15) is 4.79 Å². The van der Waals surface area contributed by atoms with Gasteiger partial charge < -0.3 is 14.7 Å². The number of fused-ring (bicyclic) bond motifs is 1. The fourth-order valence-corrected chi connectivity index (χ4v) is 1.86. The molecule has 3 aromatic rings. The van der Waals surface area contributed by atoms with Crippen molar-refractivity contribution in [2.45, 2.75) is 0 Å². The Labute approximate surface area is 102 Å². The number of aromatic nitrogens is 4. The number of H-pyrrole nitrogens is 2. The molecule has 0 atom stereocenters. The van der Waals surface area contributed by atoms with E-state index in [1.54, 1.807) is 13.3 Å². The zero-order valence-corrected chi connectivity index (χ0v) is 9.60. The van der Waals surface area contributed by atoms with Crippen LogP contribution in [0.1, 0.15) is 0 Å². The molecule has 6 nitrogen and oxygen atoms in total. The van der Waals surface area contributed by atoms with Crippen LogP contribution in [0.3, 0.4) is 0 Å². The van der Waals surface area contributed by atoms with Crippen LogP contribution in [0, 0.1) is 0 Å². The molecule has 90 valence electrons. The van der Waals surface area contributed by atoms with Crippen LogP contribution in [0.2, 0.25) is 0 Å². The number of hydrogen-bond donors (Lipinski definition) is 2. The molecule has 0 aromatic carbocycles. The molecule has 0 spiro atoms. The van der Waals surface area contributed by atoms with Crippen molar-refractivity contribution in [3.63, 3.8) is 0 Å². The first-order chi connectivity index (χ1) is 8.79. The average molecular weight is 242 g/mol. The lowest BCUT2D eigenvalue weighted by molar-refractivity contribution is 0.418. The summed E-state index contributed by atoms with van der Waals surface area (Å²) in [5, 5.41) is 0.926. The second kappa shape index (κ2) is 3.99. The maximum Gasteiger partial charge on any atom is 0.266 e.